The molecule has 0 fully saturated rings. The van der Waals surface area contributed by atoms with Gasteiger partial charge in [-0.3, -0.25) is 15.6 Å². The molecule has 1 heterocycles. The molecule has 1 amide bonds. The van der Waals surface area contributed by atoms with Crippen molar-refractivity contribution in [3.05, 3.63) is 65.2 Å². The molecule has 0 aliphatic carbocycles. The van der Waals surface area contributed by atoms with Gasteiger partial charge in [-0.15, -0.1) is 10.2 Å². The third-order valence-electron chi connectivity index (χ3n) is 3.44. The fourth-order valence-electron chi connectivity index (χ4n) is 2.09. The lowest BCUT2D eigenvalue weighted by molar-refractivity contribution is -0.119. The molecular weight excluding hydrogens is 418 g/mol. The van der Waals surface area contributed by atoms with E-state index in [9.17, 15) is 4.79 Å². The zero-order chi connectivity index (χ0) is 19.8. The third-order valence-corrected chi connectivity index (χ3v) is 4.75. The van der Waals surface area contributed by atoms with Crippen LogP contribution in [-0.2, 0) is 11.3 Å². The highest BCUT2D eigenvalue weighted by atomic mass is 35.5. The number of hydrazine groups is 1. The first-order valence-corrected chi connectivity index (χ1v) is 9.96. The quantitative estimate of drug-likeness (QED) is 0.310. The largest absolute Gasteiger partial charge is 0.411 e. The minimum absolute atomic E-state index is 0.0938. The monoisotopic (exact) mass is 433 g/mol. The summed E-state index contributed by atoms with van der Waals surface area (Å²) < 4.78 is 5.53. The van der Waals surface area contributed by atoms with E-state index in [1.54, 1.807) is 24.3 Å². The normalized spacial score (nSPS) is 10.3. The van der Waals surface area contributed by atoms with Gasteiger partial charge in [0.2, 0.25) is 11.8 Å². The van der Waals surface area contributed by atoms with E-state index < -0.39 is 0 Å². The minimum Gasteiger partial charge on any atom is -0.411 e. The fourth-order valence-corrected chi connectivity index (χ4v) is 2.90. The first-order valence-electron chi connectivity index (χ1n) is 8.19. The molecule has 0 atom stereocenters. The molecule has 28 heavy (non-hydrogen) atoms. The van der Waals surface area contributed by atoms with Gasteiger partial charge in [0.05, 0.1) is 5.75 Å². The highest BCUT2D eigenvalue weighted by Gasteiger charge is 2.11. The maximum Gasteiger partial charge on any atom is 0.277 e. The number of nitrogens with one attached hydrogen (secondary N) is 3. The predicted molar refractivity (Wildman–Crippen MR) is 113 cm³/mol. The van der Waals surface area contributed by atoms with Crippen LogP contribution in [0.25, 0.3) is 11.5 Å². The van der Waals surface area contributed by atoms with Crippen LogP contribution < -0.4 is 16.2 Å². The number of hydrogen-bond donors (Lipinski definition) is 3. The highest BCUT2D eigenvalue weighted by Crippen LogP contribution is 2.24. The summed E-state index contributed by atoms with van der Waals surface area (Å²) in [6, 6.07) is 16.8. The van der Waals surface area contributed by atoms with E-state index in [-0.39, 0.29) is 11.7 Å². The zero-order valence-corrected chi connectivity index (χ0v) is 16.9. The molecule has 3 N–H and O–H groups in total. The van der Waals surface area contributed by atoms with E-state index in [0.29, 0.717) is 27.8 Å². The summed E-state index contributed by atoms with van der Waals surface area (Å²) in [6.07, 6.45) is 0. The number of benzene rings is 2. The van der Waals surface area contributed by atoms with Crippen molar-refractivity contribution in [2.45, 2.75) is 11.8 Å². The van der Waals surface area contributed by atoms with Crippen LogP contribution in [0.15, 0.2) is 64.2 Å². The molecule has 0 spiro atoms. The second-order valence-corrected chi connectivity index (χ2v) is 7.28. The van der Waals surface area contributed by atoms with Gasteiger partial charge < -0.3 is 9.73 Å². The molecule has 2 aromatic carbocycles. The second-order valence-electron chi connectivity index (χ2n) is 5.51. The molecule has 3 rings (SSSR count). The molecule has 0 radical (unpaired) electrons. The van der Waals surface area contributed by atoms with Crippen molar-refractivity contribution >= 4 is 46.6 Å². The maximum atomic E-state index is 11.9. The number of aromatic nitrogens is 2. The average molecular weight is 434 g/mol. The van der Waals surface area contributed by atoms with Gasteiger partial charge >= 0.3 is 0 Å². The smallest absolute Gasteiger partial charge is 0.277 e. The summed E-state index contributed by atoms with van der Waals surface area (Å²) in [5.74, 6) is 0.181. The van der Waals surface area contributed by atoms with Crippen LogP contribution in [0.2, 0.25) is 5.02 Å². The Morgan fingerprint density at radius 3 is 2.57 bits per heavy atom. The van der Waals surface area contributed by atoms with Gasteiger partial charge in [0.25, 0.3) is 5.22 Å². The average Bonchev–Trinajstić information content (AvgIpc) is 3.19. The lowest BCUT2D eigenvalue weighted by Crippen LogP contribution is -2.47. The first-order chi connectivity index (χ1) is 13.6. The van der Waals surface area contributed by atoms with Gasteiger partial charge in [-0.1, -0.05) is 53.7 Å². The van der Waals surface area contributed by atoms with Crippen LogP contribution in [0.1, 0.15) is 5.56 Å². The van der Waals surface area contributed by atoms with Crippen molar-refractivity contribution in [2.75, 3.05) is 5.75 Å². The van der Waals surface area contributed by atoms with E-state index in [1.807, 2.05) is 30.3 Å². The Hall–Kier alpha value is -2.62. The molecule has 0 aliphatic rings. The molecule has 10 heteroatoms. The summed E-state index contributed by atoms with van der Waals surface area (Å²) in [4.78, 5) is 11.9. The van der Waals surface area contributed by atoms with Crippen LogP contribution in [-0.4, -0.2) is 27.0 Å². The molecule has 144 valence electrons. The van der Waals surface area contributed by atoms with Crippen molar-refractivity contribution in [3.63, 3.8) is 0 Å². The number of carbonyl (C=O) groups excluding carboxylic acids is 1. The second kappa shape index (κ2) is 10.1. The molecule has 0 bridgehead atoms. The van der Waals surface area contributed by atoms with E-state index in [0.717, 1.165) is 22.9 Å². The summed E-state index contributed by atoms with van der Waals surface area (Å²) >= 11 is 12.1. The first kappa shape index (κ1) is 20.1. The Bertz CT molecular complexity index is 935. The number of rotatable bonds is 6. The SMILES string of the molecule is O=C(CSc1nnc(-c2ccc(Cl)cc2)o1)NNC(=S)NCc1ccccc1. The molecular formula is C18H16ClN5O2S2. The van der Waals surface area contributed by atoms with Crippen LogP contribution in [0.5, 0.6) is 0 Å². The predicted octanol–water partition coefficient (Wildman–Crippen LogP) is 3.18. The van der Waals surface area contributed by atoms with Crippen molar-refractivity contribution in [1.82, 2.24) is 26.4 Å². The van der Waals surface area contributed by atoms with Crippen molar-refractivity contribution in [3.8, 4) is 11.5 Å². The van der Waals surface area contributed by atoms with Crippen molar-refractivity contribution in [1.29, 1.82) is 0 Å². The van der Waals surface area contributed by atoms with Crippen LogP contribution in [0.4, 0.5) is 0 Å². The topological polar surface area (TPSA) is 92.1 Å². The lowest BCUT2D eigenvalue weighted by Gasteiger charge is -2.11. The molecule has 0 saturated carbocycles. The van der Waals surface area contributed by atoms with Crippen LogP contribution >= 0.6 is 35.6 Å². The number of halogens is 1. The number of amides is 1. The van der Waals surface area contributed by atoms with Gasteiger partial charge in [0.1, 0.15) is 0 Å². The standard InChI is InChI=1S/C18H16ClN5O2S2/c19-14-8-6-13(7-9-14)16-22-24-18(26-16)28-11-15(25)21-23-17(27)20-10-12-4-2-1-3-5-12/h1-9H,10-11H2,(H,21,25)(H2,20,23,27). The van der Waals surface area contributed by atoms with E-state index >= 15 is 0 Å². The summed E-state index contributed by atoms with van der Waals surface area (Å²) in [6.45, 7) is 0.562. The van der Waals surface area contributed by atoms with Gasteiger partial charge in [0.15, 0.2) is 5.11 Å². The minimum atomic E-state index is -0.278. The van der Waals surface area contributed by atoms with E-state index in [4.69, 9.17) is 28.2 Å². The molecule has 0 unspecified atom stereocenters. The third kappa shape index (κ3) is 6.22. The lowest BCUT2D eigenvalue weighted by atomic mass is 10.2. The Morgan fingerprint density at radius 2 is 1.82 bits per heavy atom. The van der Waals surface area contributed by atoms with Crippen molar-refractivity contribution in [2.24, 2.45) is 0 Å². The number of thioether (sulfide) groups is 1. The molecule has 3 aromatic rings. The molecule has 0 saturated heterocycles. The molecule has 7 nitrogen and oxygen atoms in total. The molecule has 1 aromatic heterocycles. The van der Waals surface area contributed by atoms with E-state index in [1.165, 1.54) is 0 Å². The van der Waals surface area contributed by atoms with Gasteiger partial charge in [-0.2, -0.15) is 0 Å². The van der Waals surface area contributed by atoms with Gasteiger partial charge in [0, 0.05) is 17.1 Å². The molecule has 0 aliphatic heterocycles. The number of thiocarbonyl (C=S) groups is 1. The summed E-state index contributed by atoms with van der Waals surface area (Å²) in [5.41, 5.74) is 7.01. The number of carbonyl (C=O) groups is 1. The van der Waals surface area contributed by atoms with Gasteiger partial charge in [-0.25, -0.2) is 0 Å². The van der Waals surface area contributed by atoms with Crippen molar-refractivity contribution < 1.29 is 9.21 Å². The summed E-state index contributed by atoms with van der Waals surface area (Å²) in [7, 11) is 0. The van der Waals surface area contributed by atoms with E-state index in [2.05, 4.69) is 26.4 Å². The Morgan fingerprint density at radius 1 is 1.07 bits per heavy atom. The summed E-state index contributed by atoms with van der Waals surface area (Å²) in [5, 5.41) is 12.1. The number of hydrogen-bond acceptors (Lipinski definition) is 6. The number of nitrogens with zero attached hydrogens (tertiary/aromatic N) is 2. The van der Waals surface area contributed by atoms with Crippen LogP contribution in [0, 0.1) is 0 Å². The van der Waals surface area contributed by atoms with Gasteiger partial charge in [-0.05, 0) is 42.0 Å². The Labute approximate surface area is 176 Å². The maximum absolute atomic E-state index is 11.9. The fraction of sp³-hybridized carbons (Fsp3) is 0.111. The highest BCUT2D eigenvalue weighted by molar-refractivity contribution is 7.99. The Balaban J connectivity index is 1.38. The zero-order valence-electron chi connectivity index (χ0n) is 14.5. The van der Waals surface area contributed by atoms with Crippen LogP contribution in [0.3, 0.4) is 0 Å². The Kier molecular flexibility index (Phi) is 7.24.